The second-order valence-electron chi connectivity index (χ2n) is 3.60. The van der Waals surface area contributed by atoms with Gasteiger partial charge in [-0.25, -0.2) is 0 Å². The first-order valence-electron chi connectivity index (χ1n) is 4.07. The van der Waals surface area contributed by atoms with Crippen molar-refractivity contribution in [2.45, 2.75) is 32.0 Å². The molecule has 2 fully saturated rings. The zero-order valence-corrected chi connectivity index (χ0v) is 6.49. The Balaban J connectivity index is 2.20. The first-order chi connectivity index (χ1) is 5.18. The summed E-state index contributed by atoms with van der Waals surface area (Å²) < 4.78 is 4.98. The highest BCUT2D eigenvalue weighted by molar-refractivity contribution is 5.75. The molecule has 2 rings (SSSR count). The predicted octanol–water partition coefficient (Wildman–Crippen LogP) is 0.319. The lowest BCUT2D eigenvalue weighted by Gasteiger charge is -2.25. The summed E-state index contributed by atoms with van der Waals surface area (Å²) in [5.74, 6) is 0.235. The minimum Gasteiger partial charge on any atom is -0.459 e. The summed E-state index contributed by atoms with van der Waals surface area (Å²) in [4.78, 5) is 11.1. The number of esters is 1. The van der Waals surface area contributed by atoms with E-state index >= 15 is 0 Å². The van der Waals surface area contributed by atoms with Gasteiger partial charge in [0.25, 0.3) is 0 Å². The molecule has 3 heteroatoms. The van der Waals surface area contributed by atoms with Gasteiger partial charge in [0.2, 0.25) is 0 Å². The number of fused-ring (bicyclic) bond motifs is 2. The van der Waals surface area contributed by atoms with Gasteiger partial charge < -0.3 is 9.84 Å². The summed E-state index contributed by atoms with van der Waals surface area (Å²) in [5, 5.41) is 9.41. The maximum absolute atomic E-state index is 11.1. The maximum Gasteiger partial charge on any atom is 0.309 e. The number of hydrogen-bond donors (Lipinski definition) is 1. The molecule has 0 aromatic heterocycles. The number of hydrogen-bond acceptors (Lipinski definition) is 3. The Bertz CT molecular complexity index is 190. The predicted molar refractivity (Wildman–Crippen MR) is 37.8 cm³/mol. The molecule has 62 valence electrons. The van der Waals surface area contributed by atoms with Crippen LogP contribution in [0.3, 0.4) is 0 Å². The van der Waals surface area contributed by atoms with Crippen molar-refractivity contribution in [1.82, 2.24) is 0 Å². The van der Waals surface area contributed by atoms with Gasteiger partial charge in [-0.1, -0.05) is 6.92 Å². The van der Waals surface area contributed by atoms with Crippen LogP contribution in [-0.2, 0) is 9.53 Å². The third-order valence-electron chi connectivity index (χ3n) is 2.79. The van der Waals surface area contributed by atoms with Crippen molar-refractivity contribution in [3.63, 3.8) is 0 Å². The standard InChI is InChI=1S/C8H12O3/c1-4-2-6(9)7-3-5(4)8(10)11-7/h4-7,9H,2-3H2,1H3. The van der Waals surface area contributed by atoms with Gasteiger partial charge in [0.1, 0.15) is 6.10 Å². The minimum atomic E-state index is -0.423. The quantitative estimate of drug-likeness (QED) is 0.514. The van der Waals surface area contributed by atoms with E-state index in [9.17, 15) is 9.90 Å². The van der Waals surface area contributed by atoms with Gasteiger partial charge >= 0.3 is 5.97 Å². The van der Waals surface area contributed by atoms with E-state index in [1.54, 1.807) is 0 Å². The smallest absolute Gasteiger partial charge is 0.309 e. The summed E-state index contributed by atoms with van der Waals surface area (Å²) in [6, 6.07) is 0. The molecule has 1 aliphatic heterocycles. The van der Waals surface area contributed by atoms with Crippen molar-refractivity contribution in [3.05, 3.63) is 0 Å². The zero-order valence-electron chi connectivity index (χ0n) is 6.49. The third kappa shape index (κ3) is 0.948. The van der Waals surface area contributed by atoms with E-state index in [-0.39, 0.29) is 23.9 Å². The summed E-state index contributed by atoms with van der Waals surface area (Å²) in [7, 11) is 0. The van der Waals surface area contributed by atoms with Crippen molar-refractivity contribution >= 4 is 5.97 Å². The average Bonchev–Trinajstić information content (AvgIpc) is 2.26. The molecule has 11 heavy (non-hydrogen) atoms. The third-order valence-corrected chi connectivity index (χ3v) is 2.79. The molecular formula is C8H12O3. The summed E-state index contributed by atoms with van der Waals surface area (Å²) in [6.45, 7) is 2.00. The van der Waals surface area contributed by atoms with Crippen molar-refractivity contribution < 1.29 is 14.6 Å². The highest BCUT2D eigenvalue weighted by Gasteiger charge is 2.46. The highest BCUT2D eigenvalue weighted by Crippen LogP contribution is 2.38. The molecule has 1 saturated heterocycles. The largest absolute Gasteiger partial charge is 0.459 e. The van der Waals surface area contributed by atoms with Crippen LogP contribution in [0, 0.1) is 11.8 Å². The van der Waals surface area contributed by atoms with Crippen LogP contribution in [0.1, 0.15) is 19.8 Å². The van der Waals surface area contributed by atoms with E-state index in [2.05, 4.69) is 0 Å². The first kappa shape index (κ1) is 7.10. The first-order valence-corrected chi connectivity index (χ1v) is 4.07. The van der Waals surface area contributed by atoms with E-state index in [1.165, 1.54) is 0 Å². The number of carbonyl (C=O) groups excluding carboxylic acids is 1. The van der Waals surface area contributed by atoms with Crippen molar-refractivity contribution in [1.29, 1.82) is 0 Å². The fourth-order valence-electron chi connectivity index (χ4n) is 2.03. The van der Waals surface area contributed by atoms with E-state index in [0.717, 1.165) is 6.42 Å². The molecule has 1 aliphatic carbocycles. The van der Waals surface area contributed by atoms with Crippen LogP contribution < -0.4 is 0 Å². The molecule has 3 nitrogen and oxygen atoms in total. The maximum atomic E-state index is 11.1. The zero-order chi connectivity index (χ0) is 8.01. The molecule has 2 bridgehead atoms. The van der Waals surface area contributed by atoms with Crippen molar-refractivity contribution in [2.24, 2.45) is 11.8 Å². The number of ether oxygens (including phenoxy) is 1. The van der Waals surface area contributed by atoms with E-state index in [1.807, 2.05) is 6.92 Å². The Labute approximate surface area is 65.4 Å². The number of aliphatic hydroxyl groups is 1. The SMILES string of the molecule is CC1CC(O)C2CC1C(=O)O2. The topological polar surface area (TPSA) is 46.5 Å². The van der Waals surface area contributed by atoms with Gasteiger partial charge in [-0.15, -0.1) is 0 Å². The molecule has 1 heterocycles. The fraction of sp³-hybridized carbons (Fsp3) is 0.875. The lowest BCUT2D eigenvalue weighted by Crippen LogP contribution is -2.32. The Kier molecular flexibility index (Phi) is 1.42. The van der Waals surface area contributed by atoms with Crippen LogP contribution in [0.25, 0.3) is 0 Å². The van der Waals surface area contributed by atoms with E-state index in [0.29, 0.717) is 6.42 Å². The highest BCUT2D eigenvalue weighted by atomic mass is 16.6. The van der Waals surface area contributed by atoms with E-state index in [4.69, 9.17) is 4.74 Å². The molecule has 4 atom stereocenters. The van der Waals surface area contributed by atoms with Gasteiger partial charge in [-0.05, 0) is 12.3 Å². The minimum absolute atomic E-state index is 0.0587. The Morgan fingerprint density at radius 2 is 2.27 bits per heavy atom. The van der Waals surface area contributed by atoms with Crippen LogP contribution in [0.15, 0.2) is 0 Å². The molecule has 0 radical (unpaired) electrons. The fourth-order valence-corrected chi connectivity index (χ4v) is 2.03. The Morgan fingerprint density at radius 3 is 3.00 bits per heavy atom. The second kappa shape index (κ2) is 2.21. The average molecular weight is 156 g/mol. The molecule has 0 aromatic carbocycles. The van der Waals surface area contributed by atoms with Crippen LogP contribution in [0.5, 0.6) is 0 Å². The van der Waals surface area contributed by atoms with Crippen molar-refractivity contribution in [2.75, 3.05) is 0 Å². The van der Waals surface area contributed by atoms with Gasteiger partial charge in [-0.3, -0.25) is 4.79 Å². The number of rotatable bonds is 0. The van der Waals surface area contributed by atoms with Crippen molar-refractivity contribution in [3.8, 4) is 0 Å². The van der Waals surface area contributed by atoms with Gasteiger partial charge in [-0.2, -0.15) is 0 Å². The second-order valence-corrected chi connectivity index (χ2v) is 3.60. The Hall–Kier alpha value is -0.570. The van der Waals surface area contributed by atoms with Crippen LogP contribution in [0.4, 0.5) is 0 Å². The van der Waals surface area contributed by atoms with Crippen LogP contribution in [-0.4, -0.2) is 23.3 Å². The lowest BCUT2D eigenvalue weighted by molar-refractivity contribution is -0.146. The monoisotopic (exact) mass is 156 g/mol. The molecule has 0 spiro atoms. The van der Waals surface area contributed by atoms with Crippen LogP contribution >= 0.6 is 0 Å². The summed E-state index contributed by atoms with van der Waals surface area (Å²) in [5.41, 5.74) is 0. The normalized spacial score (nSPS) is 49.1. The number of aliphatic hydroxyl groups excluding tert-OH is 1. The van der Waals surface area contributed by atoms with Gasteiger partial charge in [0.05, 0.1) is 12.0 Å². The molecule has 0 aromatic rings. The summed E-state index contributed by atoms with van der Waals surface area (Å²) in [6.07, 6.45) is 0.804. The molecule has 0 amide bonds. The Morgan fingerprint density at radius 1 is 1.55 bits per heavy atom. The molecule has 1 saturated carbocycles. The summed E-state index contributed by atoms with van der Waals surface area (Å²) >= 11 is 0. The number of carbonyl (C=O) groups is 1. The van der Waals surface area contributed by atoms with Gasteiger partial charge in [0.15, 0.2) is 0 Å². The molecule has 2 aliphatic rings. The molecule has 1 N–H and O–H groups in total. The van der Waals surface area contributed by atoms with Gasteiger partial charge in [0, 0.05) is 6.42 Å². The molecular weight excluding hydrogens is 144 g/mol. The van der Waals surface area contributed by atoms with Crippen LogP contribution in [0.2, 0.25) is 0 Å². The van der Waals surface area contributed by atoms with E-state index < -0.39 is 6.10 Å². The lowest BCUT2D eigenvalue weighted by atomic mass is 9.80. The molecule has 4 unspecified atom stereocenters.